The Morgan fingerprint density at radius 3 is 2.80 bits per heavy atom. The molecule has 0 saturated heterocycles. The van der Waals surface area contributed by atoms with Crippen molar-refractivity contribution in [2.24, 2.45) is 5.41 Å². The van der Waals surface area contributed by atoms with Crippen molar-refractivity contribution >= 4 is 11.3 Å². The molecule has 1 aliphatic carbocycles. The summed E-state index contributed by atoms with van der Waals surface area (Å²) in [4.78, 5) is 4.57. The molecule has 1 N–H and O–H groups in total. The van der Waals surface area contributed by atoms with Crippen molar-refractivity contribution < 1.29 is 0 Å². The molecule has 2 rings (SSSR count). The molecule has 1 atom stereocenters. The fourth-order valence-corrected chi connectivity index (χ4v) is 3.16. The predicted molar refractivity (Wildman–Crippen MR) is 65.4 cm³/mol. The van der Waals surface area contributed by atoms with Crippen molar-refractivity contribution in [1.29, 1.82) is 0 Å². The second-order valence-corrected chi connectivity index (χ2v) is 5.64. The van der Waals surface area contributed by atoms with Crippen LogP contribution in [0, 0.1) is 12.3 Å². The highest BCUT2D eigenvalue weighted by Gasteiger charge is 2.47. The van der Waals surface area contributed by atoms with E-state index in [0.717, 1.165) is 6.54 Å². The van der Waals surface area contributed by atoms with Gasteiger partial charge in [-0.1, -0.05) is 6.92 Å². The molecule has 1 unspecified atom stereocenters. The van der Waals surface area contributed by atoms with E-state index < -0.39 is 0 Å². The molecule has 1 saturated carbocycles. The zero-order valence-electron chi connectivity index (χ0n) is 9.84. The Hall–Kier alpha value is -0.410. The Balaban J connectivity index is 1.99. The van der Waals surface area contributed by atoms with E-state index in [4.69, 9.17) is 0 Å². The Kier molecular flexibility index (Phi) is 3.12. The van der Waals surface area contributed by atoms with E-state index in [0.29, 0.717) is 11.5 Å². The molecule has 15 heavy (non-hydrogen) atoms. The molecule has 84 valence electrons. The van der Waals surface area contributed by atoms with Crippen LogP contribution in [0.2, 0.25) is 0 Å². The fourth-order valence-electron chi connectivity index (χ4n) is 2.23. The van der Waals surface area contributed by atoms with Gasteiger partial charge in [0.15, 0.2) is 0 Å². The minimum Gasteiger partial charge on any atom is -0.314 e. The van der Waals surface area contributed by atoms with Crippen LogP contribution in [0.5, 0.6) is 0 Å². The summed E-state index contributed by atoms with van der Waals surface area (Å²) in [5.41, 5.74) is 1.68. The molecule has 0 aliphatic heterocycles. The fraction of sp³-hybridized carbons (Fsp3) is 0.750. The molecule has 2 nitrogen and oxygen atoms in total. The van der Waals surface area contributed by atoms with Gasteiger partial charge in [-0.2, -0.15) is 0 Å². The van der Waals surface area contributed by atoms with E-state index in [1.54, 1.807) is 0 Å². The van der Waals surface area contributed by atoms with Crippen LogP contribution in [0.15, 0.2) is 5.38 Å². The number of aromatic nitrogens is 1. The van der Waals surface area contributed by atoms with Crippen LogP contribution >= 0.6 is 11.3 Å². The van der Waals surface area contributed by atoms with Gasteiger partial charge in [0.1, 0.15) is 0 Å². The third kappa shape index (κ3) is 2.40. The third-order valence-corrected chi connectivity index (χ3v) is 4.46. The highest BCUT2D eigenvalue weighted by molar-refractivity contribution is 7.09. The first-order valence-corrected chi connectivity index (χ1v) is 6.68. The Morgan fingerprint density at radius 1 is 1.60 bits per heavy atom. The van der Waals surface area contributed by atoms with E-state index in [-0.39, 0.29) is 0 Å². The molecule has 0 radical (unpaired) electrons. The average molecular weight is 224 g/mol. The van der Waals surface area contributed by atoms with Crippen LogP contribution < -0.4 is 5.32 Å². The number of thiazole rings is 1. The van der Waals surface area contributed by atoms with Gasteiger partial charge in [0.05, 0.1) is 5.01 Å². The lowest BCUT2D eigenvalue weighted by Gasteiger charge is -2.23. The van der Waals surface area contributed by atoms with Gasteiger partial charge in [-0.15, -0.1) is 11.3 Å². The second kappa shape index (κ2) is 4.22. The molecule has 0 aromatic carbocycles. The molecule has 0 amide bonds. The molecule has 1 fully saturated rings. The summed E-state index contributed by atoms with van der Waals surface area (Å²) in [5, 5.41) is 7.02. The van der Waals surface area contributed by atoms with E-state index in [2.05, 4.69) is 36.5 Å². The second-order valence-electron chi connectivity index (χ2n) is 4.70. The highest BCUT2D eigenvalue weighted by atomic mass is 32.1. The van der Waals surface area contributed by atoms with Crippen LogP contribution in [0.3, 0.4) is 0 Å². The van der Waals surface area contributed by atoms with E-state index in [9.17, 15) is 0 Å². The predicted octanol–water partition coefficient (Wildman–Crippen LogP) is 2.77. The maximum Gasteiger partial charge on any atom is 0.0934 e. The number of hydrogen-bond donors (Lipinski definition) is 1. The summed E-state index contributed by atoms with van der Waals surface area (Å²) in [5.74, 6) is 0. The molecule has 0 bridgehead atoms. The summed E-state index contributed by atoms with van der Waals surface area (Å²) in [6.45, 7) is 7.64. The van der Waals surface area contributed by atoms with Gasteiger partial charge in [0.2, 0.25) is 0 Å². The molecule has 3 heteroatoms. The highest BCUT2D eigenvalue weighted by Crippen LogP contribution is 2.51. The quantitative estimate of drug-likeness (QED) is 0.832. The van der Waals surface area contributed by atoms with Crippen molar-refractivity contribution in [3.63, 3.8) is 0 Å². The van der Waals surface area contributed by atoms with Gasteiger partial charge in [0, 0.05) is 23.5 Å². The Bertz CT molecular complexity index is 328. The van der Waals surface area contributed by atoms with E-state index in [1.165, 1.54) is 30.0 Å². The van der Waals surface area contributed by atoms with Gasteiger partial charge in [-0.25, -0.2) is 4.98 Å². The van der Waals surface area contributed by atoms with Gasteiger partial charge in [-0.3, -0.25) is 0 Å². The van der Waals surface area contributed by atoms with Crippen molar-refractivity contribution in [1.82, 2.24) is 10.3 Å². The van der Waals surface area contributed by atoms with Gasteiger partial charge < -0.3 is 5.32 Å². The van der Waals surface area contributed by atoms with Crippen LogP contribution in [-0.4, -0.2) is 17.6 Å². The van der Waals surface area contributed by atoms with Crippen LogP contribution in [0.4, 0.5) is 0 Å². The first kappa shape index (κ1) is 11.1. The zero-order valence-corrected chi connectivity index (χ0v) is 10.7. The molecular weight excluding hydrogens is 204 g/mol. The zero-order chi connectivity index (χ0) is 10.9. The lowest BCUT2D eigenvalue weighted by molar-refractivity contribution is 0.355. The van der Waals surface area contributed by atoms with Crippen LogP contribution in [-0.2, 0) is 6.42 Å². The van der Waals surface area contributed by atoms with Crippen LogP contribution in [0.1, 0.15) is 37.4 Å². The standard InChI is InChI=1S/C12H20N2S/c1-4-13-10(3)12(5-6-12)7-11-14-9(2)8-15-11/h8,10,13H,4-7H2,1-3H3. The first-order chi connectivity index (χ1) is 7.16. The van der Waals surface area contributed by atoms with E-state index >= 15 is 0 Å². The molecule has 1 aliphatic rings. The Labute approximate surface area is 96.1 Å². The van der Waals surface area contributed by atoms with Gasteiger partial charge in [-0.05, 0) is 38.6 Å². The largest absolute Gasteiger partial charge is 0.314 e. The maximum absolute atomic E-state index is 4.57. The number of aryl methyl sites for hydroxylation is 1. The average Bonchev–Trinajstić information content (AvgIpc) is 2.86. The summed E-state index contributed by atoms with van der Waals surface area (Å²) in [7, 11) is 0. The van der Waals surface area contributed by atoms with Crippen LogP contribution in [0.25, 0.3) is 0 Å². The summed E-state index contributed by atoms with van der Waals surface area (Å²) < 4.78 is 0. The van der Waals surface area contributed by atoms with Crippen molar-refractivity contribution in [3.8, 4) is 0 Å². The van der Waals surface area contributed by atoms with E-state index in [1.807, 2.05) is 11.3 Å². The molecular formula is C12H20N2S. The van der Waals surface area contributed by atoms with Gasteiger partial charge in [0.25, 0.3) is 0 Å². The number of nitrogens with zero attached hydrogens (tertiary/aromatic N) is 1. The molecule has 0 spiro atoms. The topological polar surface area (TPSA) is 24.9 Å². The third-order valence-electron chi connectivity index (χ3n) is 3.49. The molecule has 1 aromatic rings. The molecule has 1 heterocycles. The number of nitrogens with one attached hydrogen (secondary N) is 1. The first-order valence-electron chi connectivity index (χ1n) is 5.81. The minimum atomic E-state index is 0.514. The van der Waals surface area contributed by atoms with Gasteiger partial charge >= 0.3 is 0 Å². The maximum atomic E-state index is 4.57. The summed E-state index contributed by atoms with van der Waals surface area (Å²) >= 11 is 1.81. The lowest BCUT2D eigenvalue weighted by atomic mass is 9.94. The minimum absolute atomic E-state index is 0.514. The normalized spacial score (nSPS) is 20.2. The summed E-state index contributed by atoms with van der Waals surface area (Å²) in [6, 6.07) is 0.631. The van der Waals surface area contributed by atoms with Crippen molar-refractivity contribution in [3.05, 3.63) is 16.1 Å². The molecule has 1 aromatic heterocycles. The number of rotatable bonds is 5. The SMILES string of the molecule is CCNC(C)C1(Cc2nc(C)cs2)CC1. The van der Waals surface area contributed by atoms with Crippen molar-refractivity contribution in [2.45, 2.75) is 46.1 Å². The monoisotopic (exact) mass is 224 g/mol. The smallest absolute Gasteiger partial charge is 0.0934 e. The summed E-state index contributed by atoms with van der Waals surface area (Å²) in [6.07, 6.45) is 3.89. The number of hydrogen-bond acceptors (Lipinski definition) is 3. The lowest BCUT2D eigenvalue weighted by Crippen LogP contribution is -2.35. The Morgan fingerprint density at radius 2 is 2.33 bits per heavy atom. The van der Waals surface area contributed by atoms with Crippen molar-refractivity contribution in [2.75, 3.05) is 6.54 Å².